The van der Waals surface area contributed by atoms with E-state index in [0.717, 1.165) is 5.82 Å². The van der Waals surface area contributed by atoms with Gasteiger partial charge in [-0.2, -0.15) is 0 Å². The molecule has 0 bridgehead atoms. The molecule has 0 aromatic rings. The molecule has 18 heavy (non-hydrogen) atoms. The Kier molecular flexibility index (Phi) is 3.88. The van der Waals surface area contributed by atoms with Crippen LogP contribution in [0.25, 0.3) is 0 Å². The molecule has 2 unspecified atom stereocenters. The van der Waals surface area contributed by atoms with Crippen molar-refractivity contribution >= 4 is 0 Å². The lowest BCUT2D eigenvalue weighted by atomic mass is 9.93. The van der Waals surface area contributed by atoms with E-state index in [1.165, 1.54) is 32.1 Å². The summed E-state index contributed by atoms with van der Waals surface area (Å²) in [6.45, 7) is 6.88. The van der Waals surface area contributed by atoms with Crippen LogP contribution < -0.4 is 11.1 Å². The van der Waals surface area contributed by atoms with E-state index < -0.39 is 0 Å². The van der Waals surface area contributed by atoms with Gasteiger partial charge in [-0.1, -0.05) is 32.6 Å². The molecule has 0 amide bonds. The van der Waals surface area contributed by atoms with Gasteiger partial charge >= 0.3 is 0 Å². The third-order valence-electron chi connectivity index (χ3n) is 4.17. The molecular formula is C15H27N3. The molecule has 0 aromatic carbocycles. The third kappa shape index (κ3) is 2.50. The van der Waals surface area contributed by atoms with Crippen LogP contribution in [0.5, 0.6) is 0 Å². The number of nitrogens with one attached hydrogen (secondary N) is 1. The van der Waals surface area contributed by atoms with E-state index in [0.29, 0.717) is 12.1 Å². The zero-order valence-corrected chi connectivity index (χ0v) is 11.9. The molecule has 0 radical (unpaired) electrons. The molecular weight excluding hydrogens is 222 g/mol. The average molecular weight is 249 g/mol. The Morgan fingerprint density at radius 3 is 2.83 bits per heavy atom. The fourth-order valence-corrected chi connectivity index (χ4v) is 3.17. The van der Waals surface area contributed by atoms with Crippen molar-refractivity contribution in [1.29, 1.82) is 0 Å². The number of fused-ring (bicyclic) bond motifs is 1. The van der Waals surface area contributed by atoms with Crippen LogP contribution in [0.4, 0.5) is 0 Å². The highest BCUT2D eigenvalue weighted by Gasteiger charge is 2.41. The van der Waals surface area contributed by atoms with Crippen molar-refractivity contribution in [1.82, 2.24) is 10.2 Å². The van der Waals surface area contributed by atoms with Gasteiger partial charge in [-0.3, -0.25) is 0 Å². The summed E-state index contributed by atoms with van der Waals surface area (Å²) in [6.07, 6.45) is 12.9. The fourth-order valence-electron chi connectivity index (χ4n) is 3.17. The third-order valence-corrected chi connectivity index (χ3v) is 4.17. The minimum absolute atomic E-state index is 0.143. The largest absolute Gasteiger partial charge is 0.386 e. The van der Waals surface area contributed by atoms with Gasteiger partial charge in [0.05, 0.1) is 17.9 Å². The van der Waals surface area contributed by atoms with Crippen LogP contribution in [0.3, 0.4) is 0 Å². The summed E-state index contributed by atoms with van der Waals surface area (Å²) in [5.41, 5.74) is 6.34. The van der Waals surface area contributed by atoms with Crippen LogP contribution >= 0.6 is 0 Å². The molecule has 2 aliphatic rings. The van der Waals surface area contributed by atoms with E-state index in [1.807, 2.05) is 0 Å². The summed E-state index contributed by atoms with van der Waals surface area (Å²) >= 11 is 0. The van der Waals surface area contributed by atoms with Crippen LogP contribution in [-0.4, -0.2) is 22.5 Å². The Morgan fingerprint density at radius 1 is 1.33 bits per heavy atom. The first kappa shape index (κ1) is 13.3. The van der Waals surface area contributed by atoms with Crippen molar-refractivity contribution in [2.45, 2.75) is 70.5 Å². The zero-order chi connectivity index (χ0) is 13.2. The molecule has 2 aliphatic heterocycles. The quantitative estimate of drug-likeness (QED) is 0.711. The highest BCUT2D eigenvalue weighted by Crippen LogP contribution is 2.34. The lowest BCUT2D eigenvalue weighted by Crippen LogP contribution is -2.50. The summed E-state index contributed by atoms with van der Waals surface area (Å²) in [5, 5.41) is 3.35. The monoisotopic (exact) mass is 249 g/mol. The molecule has 0 spiro atoms. The Hall–Kier alpha value is -1.12. The maximum atomic E-state index is 6.20. The van der Waals surface area contributed by atoms with Crippen molar-refractivity contribution in [2.75, 3.05) is 0 Å². The Balaban J connectivity index is 1.96. The molecule has 3 N–H and O–H groups in total. The van der Waals surface area contributed by atoms with E-state index in [-0.39, 0.29) is 5.54 Å². The summed E-state index contributed by atoms with van der Waals surface area (Å²) in [4.78, 5) is 2.39. The van der Waals surface area contributed by atoms with E-state index in [1.54, 1.807) is 0 Å². The smallest absolute Gasteiger partial charge is 0.0977 e. The fraction of sp³-hybridized carbons (Fsp3) is 0.733. The molecule has 2 heterocycles. The minimum Gasteiger partial charge on any atom is -0.386 e. The van der Waals surface area contributed by atoms with Gasteiger partial charge in [0.15, 0.2) is 0 Å². The second-order valence-corrected chi connectivity index (χ2v) is 6.13. The lowest BCUT2D eigenvalue weighted by molar-refractivity contribution is 0.129. The molecule has 3 nitrogen and oxygen atoms in total. The van der Waals surface area contributed by atoms with Crippen LogP contribution in [-0.2, 0) is 0 Å². The van der Waals surface area contributed by atoms with Gasteiger partial charge in [-0.05, 0) is 38.6 Å². The van der Waals surface area contributed by atoms with Crippen molar-refractivity contribution in [3.8, 4) is 0 Å². The normalized spacial score (nSPS) is 26.2. The molecule has 3 heteroatoms. The van der Waals surface area contributed by atoms with Gasteiger partial charge in [-0.25, -0.2) is 0 Å². The number of hydrogen-bond donors (Lipinski definition) is 2. The topological polar surface area (TPSA) is 41.3 Å². The maximum absolute atomic E-state index is 6.20. The lowest BCUT2D eigenvalue weighted by Gasteiger charge is -2.41. The van der Waals surface area contributed by atoms with Gasteiger partial charge in [-0.15, -0.1) is 0 Å². The summed E-state index contributed by atoms with van der Waals surface area (Å²) < 4.78 is 0. The highest BCUT2D eigenvalue weighted by atomic mass is 15.3. The summed E-state index contributed by atoms with van der Waals surface area (Å²) in [6, 6.07) is 0.783. The predicted molar refractivity (Wildman–Crippen MR) is 76.8 cm³/mol. The van der Waals surface area contributed by atoms with E-state index >= 15 is 0 Å². The predicted octanol–water partition coefficient (Wildman–Crippen LogP) is 2.71. The molecule has 2 atom stereocenters. The number of rotatable bonds is 6. The first-order valence-corrected chi connectivity index (χ1v) is 7.25. The second kappa shape index (κ2) is 5.25. The van der Waals surface area contributed by atoms with Gasteiger partial charge < -0.3 is 16.0 Å². The Bertz CT molecular complexity index is 344. The van der Waals surface area contributed by atoms with Gasteiger partial charge in [0.1, 0.15) is 0 Å². The van der Waals surface area contributed by atoms with Crippen LogP contribution in [0, 0.1) is 0 Å². The van der Waals surface area contributed by atoms with Crippen molar-refractivity contribution in [3.63, 3.8) is 0 Å². The van der Waals surface area contributed by atoms with E-state index in [4.69, 9.17) is 5.73 Å². The van der Waals surface area contributed by atoms with Crippen LogP contribution in [0.15, 0.2) is 24.2 Å². The summed E-state index contributed by atoms with van der Waals surface area (Å²) in [7, 11) is 0. The standard InChI is InChI=1S/C15H27N3/c1-4-5-6-7-9-15(2,3)18-13-8-10-17-12(13)11-14(18)16/h8,10-13,17H,4-7,9,16H2,1-3H3. The van der Waals surface area contributed by atoms with Gasteiger partial charge in [0, 0.05) is 5.54 Å². The van der Waals surface area contributed by atoms with Gasteiger partial charge in [0.25, 0.3) is 0 Å². The van der Waals surface area contributed by atoms with E-state index in [2.05, 4.69) is 49.3 Å². The van der Waals surface area contributed by atoms with Crippen LogP contribution in [0.1, 0.15) is 52.9 Å². The molecule has 102 valence electrons. The molecule has 0 fully saturated rings. The minimum atomic E-state index is 0.143. The number of hydrogen-bond acceptors (Lipinski definition) is 3. The molecule has 0 aromatic heterocycles. The average Bonchev–Trinajstić information content (AvgIpc) is 2.83. The number of unbranched alkanes of at least 4 members (excludes halogenated alkanes) is 3. The molecule has 0 aliphatic carbocycles. The van der Waals surface area contributed by atoms with Crippen molar-refractivity contribution in [3.05, 3.63) is 24.2 Å². The Labute approximate surface area is 111 Å². The van der Waals surface area contributed by atoms with Gasteiger partial charge in [0.2, 0.25) is 0 Å². The second-order valence-electron chi connectivity index (χ2n) is 6.13. The zero-order valence-electron chi connectivity index (χ0n) is 11.9. The SMILES string of the molecule is CCCCCCC(C)(C)N1C(N)=CC2NC=CC21. The first-order chi connectivity index (χ1) is 8.56. The van der Waals surface area contributed by atoms with Crippen molar-refractivity contribution in [2.24, 2.45) is 5.73 Å². The highest BCUT2D eigenvalue weighted by molar-refractivity contribution is 5.27. The number of nitrogens with two attached hydrogens (primary N) is 1. The molecule has 0 saturated carbocycles. The van der Waals surface area contributed by atoms with Crippen LogP contribution in [0.2, 0.25) is 0 Å². The summed E-state index contributed by atoms with van der Waals surface area (Å²) in [5.74, 6) is 0.933. The van der Waals surface area contributed by atoms with Crippen molar-refractivity contribution < 1.29 is 0 Å². The molecule has 0 saturated heterocycles. The Morgan fingerprint density at radius 2 is 2.11 bits per heavy atom. The number of nitrogens with zero attached hydrogens (tertiary/aromatic N) is 1. The first-order valence-electron chi connectivity index (χ1n) is 7.25. The van der Waals surface area contributed by atoms with E-state index in [9.17, 15) is 0 Å². The maximum Gasteiger partial charge on any atom is 0.0977 e. The molecule has 2 rings (SSSR count).